The first-order valence-corrected chi connectivity index (χ1v) is 11.1. The molecule has 1 aliphatic heterocycles. The fraction of sp³-hybridized carbons (Fsp3) is 0.696. The van der Waals surface area contributed by atoms with E-state index in [-0.39, 0.29) is 12.1 Å². The van der Waals surface area contributed by atoms with E-state index in [1.165, 1.54) is 37.7 Å². The zero-order valence-electron chi connectivity index (χ0n) is 16.3. The van der Waals surface area contributed by atoms with Crippen molar-refractivity contribution in [3.8, 4) is 0 Å². The van der Waals surface area contributed by atoms with Gasteiger partial charge in [0.25, 0.3) is 0 Å². The van der Waals surface area contributed by atoms with E-state index in [1.807, 2.05) is 0 Å². The molecule has 0 spiro atoms. The van der Waals surface area contributed by atoms with Gasteiger partial charge in [-0.2, -0.15) is 0 Å². The van der Waals surface area contributed by atoms with E-state index in [0.717, 1.165) is 56.1 Å². The summed E-state index contributed by atoms with van der Waals surface area (Å²) >= 11 is 0. The monoisotopic (exact) mass is 367 g/mol. The molecule has 2 N–H and O–H groups in total. The predicted octanol–water partition coefficient (Wildman–Crippen LogP) is 3.77. The number of nitrogens with one attached hydrogen (secondary N) is 2. The first-order chi connectivity index (χ1) is 13.2. The third-order valence-electron chi connectivity index (χ3n) is 7.61. The van der Waals surface area contributed by atoms with E-state index < -0.39 is 0 Å². The number of benzene rings is 1. The van der Waals surface area contributed by atoms with Crippen molar-refractivity contribution in [1.29, 1.82) is 0 Å². The van der Waals surface area contributed by atoms with Crippen LogP contribution in [0.4, 0.5) is 4.79 Å². The molecule has 2 amide bonds. The smallest absolute Gasteiger partial charge is 0.315 e. The Morgan fingerprint density at radius 3 is 2.37 bits per heavy atom. The highest BCUT2D eigenvalue weighted by Crippen LogP contribution is 2.53. The number of urea groups is 1. The van der Waals surface area contributed by atoms with Crippen molar-refractivity contribution in [1.82, 2.24) is 15.5 Å². The van der Waals surface area contributed by atoms with Crippen molar-refractivity contribution in [2.75, 3.05) is 13.1 Å². The lowest BCUT2D eigenvalue weighted by Crippen LogP contribution is -2.59. The van der Waals surface area contributed by atoms with Crippen LogP contribution in [0.25, 0.3) is 0 Å². The zero-order valence-corrected chi connectivity index (χ0v) is 16.3. The SMILES string of the molecule is O=C(NC1CCCN(Cc2ccccc2)C1)NC1C2CC3CC(C2)CC1C3. The predicted molar refractivity (Wildman–Crippen MR) is 107 cm³/mol. The number of carbonyl (C=O) groups excluding carboxylic acids is 1. The van der Waals surface area contributed by atoms with Gasteiger partial charge in [0.2, 0.25) is 0 Å². The van der Waals surface area contributed by atoms with Crippen LogP contribution in [0, 0.1) is 23.7 Å². The molecule has 4 bridgehead atoms. The molecule has 0 aromatic heterocycles. The Labute approximate surface area is 163 Å². The second kappa shape index (κ2) is 7.46. The molecule has 1 saturated heterocycles. The number of carbonyl (C=O) groups is 1. The lowest BCUT2D eigenvalue weighted by Gasteiger charge is -2.54. The molecule has 27 heavy (non-hydrogen) atoms. The fourth-order valence-corrected chi connectivity index (χ4v) is 6.70. The topological polar surface area (TPSA) is 44.4 Å². The summed E-state index contributed by atoms with van der Waals surface area (Å²) in [5.41, 5.74) is 1.36. The average Bonchev–Trinajstić information content (AvgIpc) is 2.65. The van der Waals surface area contributed by atoms with Gasteiger partial charge in [0.05, 0.1) is 0 Å². The second-order valence-corrected chi connectivity index (χ2v) is 9.63. The molecule has 1 atom stereocenters. The number of amides is 2. The molecule has 1 heterocycles. The Balaban J connectivity index is 1.13. The van der Waals surface area contributed by atoms with Crippen LogP contribution in [-0.2, 0) is 6.54 Å². The van der Waals surface area contributed by atoms with Crippen LogP contribution in [0.5, 0.6) is 0 Å². The number of piperidine rings is 1. The summed E-state index contributed by atoms with van der Waals surface area (Å²) in [6.07, 6.45) is 9.14. The summed E-state index contributed by atoms with van der Waals surface area (Å²) in [5, 5.41) is 6.71. The quantitative estimate of drug-likeness (QED) is 0.851. The maximum atomic E-state index is 12.7. The maximum Gasteiger partial charge on any atom is 0.315 e. The molecule has 5 aliphatic rings. The molecular weight excluding hydrogens is 334 g/mol. The van der Waals surface area contributed by atoms with Crippen LogP contribution in [0.2, 0.25) is 0 Å². The highest BCUT2D eigenvalue weighted by molar-refractivity contribution is 5.74. The summed E-state index contributed by atoms with van der Waals surface area (Å²) in [4.78, 5) is 15.2. The van der Waals surface area contributed by atoms with Crippen LogP contribution < -0.4 is 10.6 Å². The first-order valence-electron chi connectivity index (χ1n) is 11.1. The van der Waals surface area contributed by atoms with Crippen molar-refractivity contribution in [3.05, 3.63) is 35.9 Å². The third-order valence-corrected chi connectivity index (χ3v) is 7.61. The molecule has 1 aromatic carbocycles. The maximum absolute atomic E-state index is 12.7. The van der Waals surface area contributed by atoms with E-state index >= 15 is 0 Å². The summed E-state index contributed by atoms with van der Waals surface area (Å²) < 4.78 is 0. The molecule has 1 unspecified atom stereocenters. The van der Waals surface area contributed by atoms with Crippen molar-refractivity contribution >= 4 is 6.03 Å². The van der Waals surface area contributed by atoms with Crippen molar-refractivity contribution < 1.29 is 4.79 Å². The van der Waals surface area contributed by atoms with E-state index in [9.17, 15) is 4.79 Å². The van der Waals surface area contributed by atoms with Gasteiger partial charge in [-0.05, 0) is 80.7 Å². The molecule has 4 saturated carbocycles. The highest BCUT2D eigenvalue weighted by atomic mass is 16.2. The highest BCUT2D eigenvalue weighted by Gasteiger charge is 2.48. The molecular formula is C23H33N3O. The zero-order chi connectivity index (χ0) is 18.2. The number of likely N-dealkylation sites (tertiary alicyclic amines) is 1. The van der Waals surface area contributed by atoms with Crippen molar-refractivity contribution in [2.24, 2.45) is 23.7 Å². The summed E-state index contributed by atoms with van der Waals surface area (Å²) in [6.45, 7) is 3.07. The lowest BCUT2D eigenvalue weighted by atomic mass is 9.54. The largest absolute Gasteiger partial charge is 0.335 e. The van der Waals surface area contributed by atoms with Gasteiger partial charge in [0.15, 0.2) is 0 Å². The minimum absolute atomic E-state index is 0.0824. The summed E-state index contributed by atoms with van der Waals surface area (Å²) in [6, 6.07) is 11.5. The molecule has 5 fully saturated rings. The van der Waals surface area contributed by atoms with E-state index in [2.05, 4.69) is 45.9 Å². The van der Waals surface area contributed by atoms with Gasteiger partial charge in [-0.15, -0.1) is 0 Å². The minimum Gasteiger partial charge on any atom is -0.335 e. The average molecular weight is 368 g/mol. The third kappa shape index (κ3) is 3.87. The van der Waals surface area contributed by atoms with Gasteiger partial charge in [-0.25, -0.2) is 4.79 Å². The summed E-state index contributed by atoms with van der Waals surface area (Å²) in [7, 11) is 0. The molecule has 4 nitrogen and oxygen atoms in total. The number of rotatable bonds is 4. The van der Waals surface area contributed by atoms with E-state index in [1.54, 1.807) is 0 Å². The minimum atomic E-state index is 0.0824. The standard InChI is InChI=1S/C23H33N3O/c27-23(25-22-19-10-17-9-18(12-19)13-20(22)11-17)24-21-7-4-8-26(15-21)14-16-5-2-1-3-6-16/h1-3,5-6,17-22H,4,7-15H2,(H2,24,25,27). The van der Waals surface area contributed by atoms with Crippen LogP contribution in [0.1, 0.15) is 50.5 Å². The van der Waals surface area contributed by atoms with Gasteiger partial charge in [-0.3, -0.25) is 4.90 Å². The Morgan fingerprint density at radius 2 is 1.67 bits per heavy atom. The Hall–Kier alpha value is -1.55. The van der Waals surface area contributed by atoms with Gasteiger partial charge >= 0.3 is 6.03 Å². The van der Waals surface area contributed by atoms with Gasteiger partial charge < -0.3 is 10.6 Å². The number of hydrogen-bond acceptors (Lipinski definition) is 2. The Morgan fingerprint density at radius 1 is 0.963 bits per heavy atom. The summed E-state index contributed by atoms with van der Waals surface area (Å²) in [5.74, 6) is 3.40. The van der Waals surface area contributed by atoms with E-state index in [0.29, 0.717) is 6.04 Å². The van der Waals surface area contributed by atoms with Gasteiger partial charge in [0, 0.05) is 25.2 Å². The Bertz CT molecular complexity index is 633. The number of nitrogens with zero attached hydrogens (tertiary/aromatic N) is 1. The number of hydrogen-bond donors (Lipinski definition) is 2. The Kier molecular flexibility index (Phi) is 4.85. The van der Waals surface area contributed by atoms with Crippen molar-refractivity contribution in [3.63, 3.8) is 0 Å². The molecule has 146 valence electrons. The van der Waals surface area contributed by atoms with Crippen LogP contribution in [0.15, 0.2) is 30.3 Å². The molecule has 6 rings (SSSR count). The van der Waals surface area contributed by atoms with Crippen LogP contribution in [-0.4, -0.2) is 36.1 Å². The lowest BCUT2D eigenvalue weighted by molar-refractivity contribution is -0.00963. The molecule has 4 heteroatoms. The van der Waals surface area contributed by atoms with Crippen LogP contribution >= 0.6 is 0 Å². The van der Waals surface area contributed by atoms with Gasteiger partial charge in [-0.1, -0.05) is 30.3 Å². The normalized spacial score (nSPS) is 37.9. The second-order valence-electron chi connectivity index (χ2n) is 9.63. The van der Waals surface area contributed by atoms with Crippen LogP contribution in [0.3, 0.4) is 0 Å². The first kappa shape index (κ1) is 17.5. The molecule has 1 aromatic rings. The van der Waals surface area contributed by atoms with E-state index in [4.69, 9.17) is 0 Å². The molecule has 0 radical (unpaired) electrons. The van der Waals surface area contributed by atoms with Gasteiger partial charge in [0.1, 0.15) is 0 Å². The molecule has 4 aliphatic carbocycles. The fourth-order valence-electron chi connectivity index (χ4n) is 6.70. The van der Waals surface area contributed by atoms with Crippen molar-refractivity contribution in [2.45, 2.75) is 63.6 Å².